The standard InChI is InChI=1S/C14H23N3O/c1-11-4-3-6-14(8-11,18-2)13-16-9-12(5-7-15)10-17-13/h9-11H,3-8,15H2,1-2H3. The minimum absolute atomic E-state index is 0.279. The molecule has 1 heterocycles. The Kier molecular flexibility index (Phi) is 4.30. The maximum Gasteiger partial charge on any atom is 0.160 e. The third-order valence-electron chi connectivity index (χ3n) is 3.89. The number of hydrogen-bond donors (Lipinski definition) is 1. The average Bonchev–Trinajstić information content (AvgIpc) is 2.40. The summed E-state index contributed by atoms with van der Waals surface area (Å²) >= 11 is 0. The van der Waals surface area contributed by atoms with Crippen LogP contribution in [0.4, 0.5) is 0 Å². The van der Waals surface area contributed by atoms with E-state index in [1.54, 1.807) is 7.11 Å². The summed E-state index contributed by atoms with van der Waals surface area (Å²) in [6.45, 7) is 2.91. The van der Waals surface area contributed by atoms with Gasteiger partial charge in [0.25, 0.3) is 0 Å². The number of nitrogens with zero attached hydrogens (tertiary/aromatic N) is 2. The van der Waals surface area contributed by atoms with Gasteiger partial charge in [-0.1, -0.05) is 13.3 Å². The van der Waals surface area contributed by atoms with Gasteiger partial charge in [-0.05, 0) is 43.7 Å². The molecule has 18 heavy (non-hydrogen) atoms. The average molecular weight is 249 g/mol. The van der Waals surface area contributed by atoms with Crippen LogP contribution in [0.15, 0.2) is 12.4 Å². The normalized spacial score (nSPS) is 28.3. The highest BCUT2D eigenvalue weighted by molar-refractivity contribution is 5.11. The van der Waals surface area contributed by atoms with E-state index < -0.39 is 0 Å². The number of rotatable bonds is 4. The van der Waals surface area contributed by atoms with Gasteiger partial charge in [0.1, 0.15) is 5.60 Å². The first-order valence-electron chi connectivity index (χ1n) is 6.77. The first kappa shape index (κ1) is 13.4. The second kappa shape index (κ2) is 5.76. The summed E-state index contributed by atoms with van der Waals surface area (Å²) < 4.78 is 5.79. The highest BCUT2D eigenvalue weighted by Crippen LogP contribution is 2.40. The Labute approximate surface area is 109 Å². The minimum atomic E-state index is -0.279. The molecule has 1 aromatic rings. The van der Waals surface area contributed by atoms with E-state index in [9.17, 15) is 0 Å². The zero-order chi connectivity index (χ0) is 13.0. The van der Waals surface area contributed by atoms with E-state index in [0.29, 0.717) is 12.5 Å². The molecule has 1 fully saturated rings. The molecule has 0 bridgehead atoms. The lowest BCUT2D eigenvalue weighted by Gasteiger charge is -2.37. The number of aromatic nitrogens is 2. The van der Waals surface area contributed by atoms with Crippen molar-refractivity contribution < 1.29 is 4.74 Å². The third kappa shape index (κ3) is 2.70. The van der Waals surface area contributed by atoms with Gasteiger partial charge in [-0.15, -0.1) is 0 Å². The highest BCUT2D eigenvalue weighted by atomic mass is 16.5. The maximum absolute atomic E-state index is 5.79. The van der Waals surface area contributed by atoms with Crippen molar-refractivity contribution in [3.8, 4) is 0 Å². The van der Waals surface area contributed by atoms with Crippen LogP contribution < -0.4 is 5.73 Å². The SMILES string of the molecule is COC1(c2ncc(CCN)cn2)CCCC(C)C1. The van der Waals surface area contributed by atoms with Crippen LogP contribution in [0.3, 0.4) is 0 Å². The molecule has 1 aromatic heterocycles. The first-order valence-corrected chi connectivity index (χ1v) is 6.77. The Bertz CT molecular complexity index is 379. The predicted octanol–water partition coefficient (Wildman–Crippen LogP) is 2.03. The van der Waals surface area contributed by atoms with Crippen molar-refractivity contribution >= 4 is 0 Å². The molecule has 0 spiro atoms. The van der Waals surface area contributed by atoms with E-state index in [2.05, 4.69) is 16.9 Å². The van der Waals surface area contributed by atoms with E-state index >= 15 is 0 Å². The smallest absolute Gasteiger partial charge is 0.160 e. The van der Waals surface area contributed by atoms with Gasteiger partial charge in [-0.25, -0.2) is 9.97 Å². The Morgan fingerprint density at radius 1 is 1.44 bits per heavy atom. The van der Waals surface area contributed by atoms with Crippen LogP contribution >= 0.6 is 0 Å². The maximum atomic E-state index is 5.79. The molecule has 2 atom stereocenters. The summed E-state index contributed by atoms with van der Waals surface area (Å²) in [7, 11) is 1.77. The van der Waals surface area contributed by atoms with Crippen molar-refractivity contribution in [3.05, 3.63) is 23.8 Å². The molecular formula is C14H23N3O. The molecule has 1 aliphatic carbocycles. The number of ether oxygens (including phenoxy) is 1. The fourth-order valence-electron chi connectivity index (χ4n) is 2.87. The van der Waals surface area contributed by atoms with Crippen molar-refractivity contribution in [2.24, 2.45) is 11.7 Å². The van der Waals surface area contributed by atoms with Crippen LogP contribution in [-0.2, 0) is 16.8 Å². The van der Waals surface area contributed by atoms with Gasteiger partial charge >= 0.3 is 0 Å². The van der Waals surface area contributed by atoms with E-state index in [-0.39, 0.29) is 5.60 Å². The van der Waals surface area contributed by atoms with Crippen LogP contribution in [0.5, 0.6) is 0 Å². The molecule has 1 aliphatic rings. The number of hydrogen-bond acceptors (Lipinski definition) is 4. The van der Waals surface area contributed by atoms with Crippen molar-refractivity contribution in [2.45, 2.75) is 44.6 Å². The topological polar surface area (TPSA) is 61.0 Å². The molecule has 4 nitrogen and oxygen atoms in total. The van der Waals surface area contributed by atoms with Gasteiger partial charge in [0, 0.05) is 19.5 Å². The molecule has 100 valence electrons. The monoisotopic (exact) mass is 249 g/mol. The summed E-state index contributed by atoms with van der Waals surface area (Å²) in [6, 6.07) is 0. The quantitative estimate of drug-likeness (QED) is 0.887. The molecule has 0 aliphatic heterocycles. The Morgan fingerprint density at radius 3 is 2.72 bits per heavy atom. The van der Waals surface area contributed by atoms with Crippen LogP contribution in [0.25, 0.3) is 0 Å². The lowest BCUT2D eigenvalue weighted by Crippen LogP contribution is -2.36. The molecule has 4 heteroatoms. The highest BCUT2D eigenvalue weighted by Gasteiger charge is 2.39. The predicted molar refractivity (Wildman–Crippen MR) is 71.1 cm³/mol. The zero-order valence-electron chi connectivity index (χ0n) is 11.4. The fraction of sp³-hybridized carbons (Fsp3) is 0.714. The largest absolute Gasteiger partial charge is 0.370 e. The molecule has 1 saturated carbocycles. The third-order valence-corrected chi connectivity index (χ3v) is 3.89. The van der Waals surface area contributed by atoms with Gasteiger partial charge in [0.15, 0.2) is 5.82 Å². The van der Waals surface area contributed by atoms with Gasteiger partial charge in [-0.3, -0.25) is 0 Å². The van der Waals surface area contributed by atoms with E-state index in [1.165, 1.54) is 12.8 Å². The van der Waals surface area contributed by atoms with Gasteiger partial charge < -0.3 is 10.5 Å². The molecule has 0 radical (unpaired) electrons. The van der Waals surface area contributed by atoms with Crippen LogP contribution in [0.2, 0.25) is 0 Å². The summed E-state index contributed by atoms with van der Waals surface area (Å²) in [5, 5.41) is 0. The van der Waals surface area contributed by atoms with Crippen molar-refractivity contribution in [1.82, 2.24) is 9.97 Å². The van der Waals surface area contributed by atoms with Gasteiger partial charge in [-0.2, -0.15) is 0 Å². The molecule has 0 saturated heterocycles. The number of methoxy groups -OCH3 is 1. The zero-order valence-corrected chi connectivity index (χ0v) is 11.4. The van der Waals surface area contributed by atoms with E-state index in [0.717, 1.165) is 30.7 Å². The Balaban J connectivity index is 2.21. The van der Waals surface area contributed by atoms with Crippen LogP contribution in [0, 0.1) is 5.92 Å². The molecule has 0 amide bonds. The van der Waals surface area contributed by atoms with Crippen molar-refractivity contribution in [3.63, 3.8) is 0 Å². The van der Waals surface area contributed by atoms with Crippen molar-refractivity contribution in [2.75, 3.05) is 13.7 Å². The first-order chi connectivity index (χ1) is 8.70. The Morgan fingerprint density at radius 2 is 2.17 bits per heavy atom. The van der Waals surface area contributed by atoms with Crippen LogP contribution in [-0.4, -0.2) is 23.6 Å². The number of nitrogens with two attached hydrogens (primary N) is 1. The molecule has 2 N–H and O–H groups in total. The second-order valence-electron chi connectivity index (χ2n) is 5.35. The summed E-state index contributed by atoms with van der Waals surface area (Å²) in [4.78, 5) is 9.01. The van der Waals surface area contributed by atoms with Crippen molar-refractivity contribution in [1.29, 1.82) is 0 Å². The van der Waals surface area contributed by atoms with E-state index in [4.69, 9.17) is 10.5 Å². The summed E-state index contributed by atoms with van der Waals surface area (Å²) in [5.74, 6) is 1.50. The van der Waals surface area contributed by atoms with Gasteiger partial charge in [0.2, 0.25) is 0 Å². The lowest BCUT2D eigenvalue weighted by atomic mass is 9.78. The van der Waals surface area contributed by atoms with E-state index in [1.807, 2.05) is 12.4 Å². The molecule has 0 aromatic carbocycles. The molecule has 2 rings (SSSR count). The Hall–Kier alpha value is -1.00. The fourth-order valence-corrected chi connectivity index (χ4v) is 2.87. The summed E-state index contributed by atoms with van der Waals surface area (Å²) in [5.41, 5.74) is 6.35. The molecular weight excluding hydrogens is 226 g/mol. The second-order valence-corrected chi connectivity index (χ2v) is 5.35. The minimum Gasteiger partial charge on any atom is -0.370 e. The lowest BCUT2D eigenvalue weighted by molar-refractivity contribution is -0.0646. The van der Waals surface area contributed by atoms with Crippen LogP contribution in [0.1, 0.15) is 44.0 Å². The van der Waals surface area contributed by atoms with Gasteiger partial charge in [0.05, 0.1) is 0 Å². The molecule has 2 unspecified atom stereocenters. The summed E-state index contributed by atoms with van der Waals surface area (Å²) in [6.07, 6.45) is 9.09.